The maximum absolute atomic E-state index is 12.6. The van der Waals surface area contributed by atoms with Crippen molar-refractivity contribution in [3.63, 3.8) is 0 Å². The van der Waals surface area contributed by atoms with Gasteiger partial charge in [-0.3, -0.25) is 14.6 Å². The van der Waals surface area contributed by atoms with Gasteiger partial charge in [-0.15, -0.1) is 0 Å². The Bertz CT molecular complexity index is 696. The molecule has 0 saturated carbocycles. The zero-order chi connectivity index (χ0) is 15.5. The van der Waals surface area contributed by atoms with Crippen LogP contribution < -0.4 is 10.9 Å². The van der Waals surface area contributed by atoms with E-state index in [0.717, 1.165) is 12.3 Å². The van der Waals surface area contributed by atoms with Gasteiger partial charge in [0.15, 0.2) is 0 Å². The van der Waals surface area contributed by atoms with Crippen LogP contribution in [0.5, 0.6) is 0 Å². The van der Waals surface area contributed by atoms with Gasteiger partial charge in [0.2, 0.25) is 5.91 Å². The van der Waals surface area contributed by atoms with Gasteiger partial charge in [-0.1, -0.05) is 0 Å². The van der Waals surface area contributed by atoms with Crippen molar-refractivity contribution in [3.8, 4) is 0 Å². The van der Waals surface area contributed by atoms with E-state index < -0.39 is 29.8 Å². The number of carbonyl (C=O) groups is 1. The van der Waals surface area contributed by atoms with Crippen LogP contribution in [0, 0.1) is 0 Å². The summed E-state index contributed by atoms with van der Waals surface area (Å²) >= 11 is 0. The number of hydrogen-bond acceptors (Lipinski definition) is 3. The molecule has 0 bridgehead atoms. The predicted molar refractivity (Wildman–Crippen MR) is 68.6 cm³/mol. The molecule has 21 heavy (non-hydrogen) atoms. The van der Waals surface area contributed by atoms with Gasteiger partial charge in [0.1, 0.15) is 12.1 Å². The summed E-state index contributed by atoms with van der Waals surface area (Å²) in [5.41, 5.74) is -2.17. The van der Waals surface area contributed by atoms with Crippen LogP contribution in [0.4, 0.5) is 18.9 Å². The minimum atomic E-state index is -4.75. The molecule has 0 fully saturated rings. The number of halogens is 3. The van der Waals surface area contributed by atoms with Crippen LogP contribution in [0.2, 0.25) is 0 Å². The molecule has 0 aliphatic carbocycles. The average Bonchev–Trinajstić information content (AvgIpc) is 2.41. The van der Waals surface area contributed by atoms with Crippen LogP contribution in [0.25, 0.3) is 0 Å². The van der Waals surface area contributed by atoms with E-state index in [1.54, 1.807) is 12.1 Å². The Morgan fingerprint density at radius 3 is 2.67 bits per heavy atom. The highest BCUT2D eigenvalue weighted by Gasteiger charge is 2.34. The summed E-state index contributed by atoms with van der Waals surface area (Å²) in [5.74, 6) is -0.621. The third-order valence-corrected chi connectivity index (χ3v) is 2.58. The quantitative estimate of drug-likeness (QED) is 0.941. The number of nitrogens with zero attached hydrogens (tertiary/aromatic N) is 2. The largest absolute Gasteiger partial charge is 0.421 e. The average molecular weight is 297 g/mol. The van der Waals surface area contributed by atoms with Crippen molar-refractivity contribution in [1.82, 2.24) is 9.55 Å². The molecule has 0 saturated heterocycles. The van der Waals surface area contributed by atoms with Gasteiger partial charge in [0, 0.05) is 12.4 Å². The summed E-state index contributed by atoms with van der Waals surface area (Å²) in [4.78, 5) is 27.1. The highest BCUT2D eigenvalue weighted by Crippen LogP contribution is 2.25. The standard InChI is InChI=1S/C13H10F3N3O2/c14-13(15,16)10-4-2-6-19(12(10)21)8-11(20)18-9-3-1-5-17-7-9/h1-7H,8H2,(H,18,20). The first-order chi connectivity index (χ1) is 9.88. The van der Waals surface area contributed by atoms with E-state index in [1.165, 1.54) is 12.4 Å². The maximum atomic E-state index is 12.6. The molecule has 8 heteroatoms. The highest BCUT2D eigenvalue weighted by atomic mass is 19.4. The lowest BCUT2D eigenvalue weighted by molar-refractivity contribution is -0.139. The fourth-order valence-electron chi connectivity index (χ4n) is 1.67. The number of alkyl halides is 3. The third kappa shape index (κ3) is 3.68. The molecule has 110 valence electrons. The molecule has 0 aromatic carbocycles. The van der Waals surface area contributed by atoms with Gasteiger partial charge in [-0.2, -0.15) is 13.2 Å². The zero-order valence-corrected chi connectivity index (χ0v) is 10.6. The Hall–Kier alpha value is -2.64. The number of anilines is 1. The molecule has 5 nitrogen and oxygen atoms in total. The molecule has 0 spiro atoms. The lowest BCUT2D eigenvalue weighted by Gasteiger charge is -2.10. The Balaban J connectivity index is 2.17. The number of rotatable bonds is 3. The molecule has 2 aromatic heterocycles. The molecular formula is C13H10F3N3O2. The van der Waals surface area contributed by atoms with Gasteiger partial charge >= 0.3 is 6.18 Å². The second-order valence-corrected chi connectivity index (χ2v) is 4.14. The first-order valence-electron chi connectivity index (χ1n) is 5.84. The number of carbonyl (C=O) groups excluding carboxylic acids is 1. The number of nitrogens with one attached hydrogen (secondary N) is 1. The van der Waals surface area contributed by atoms with E-state index in [9.17, 15) is 22.8 Å². The Kier molecular flexibility index (Phi) is 4.06. The van der Waals surface area contributed by atoms with Gasteiger partial charge in [-0.25, -0.2) is 0 Å². The van der Waals surface area contributed by atoms with Crippen molar-refractivity contribution < 1.29 is 18.0 Å². The van der Waals surface area contributed by atoms with E-state index in [2.05, 4.69) is 10.3 Å². The number of aromatic nitrogens is 2. The van der Waals surface area contributed by atoms with E-state index in [0.29, 0.717) is 16.3 Å². The van der Waals surface area contributed by atoms with E-state index in [-0.39, 0.29) is 0 Å². The topological polar surface area (TPSA) is 64.0 Å². The summed E-state index contributed by atoms with van der Waals surface area (Å²) in [6.45, 7) is -0.516. The van der Waals surface area contributed by atoms with E-state index in [1.807, 2.05) is 0 Å². The van der Waals surface area contributed by atoms with Crippen LogP contribution in [0.3, 0.4) is 0 Å². The Morgan fingerprint density at radius 1 is 1.29 bits per heavy atom. The molecule has 2 heterocycles. The monoisotopic (exact) mass is 297 g/mol. The second-order valence-electron chi connectivity index (χ2n) is 4.14. The van der Waals surface area contributed by atoms with E-state index in [4.69, 9.17) is 0 Å². The maximum Gasteiger partial charge on any atom is 0.421 e. The molecule has 0 radical (unpaired) electrons. The van der Waals surface area contributed by atoms with Crippen LogP contribution in [0.15, 0.2) is 47.7 Å². The van der Waals surface area contributed by atoms with Crippen molar-refractivity contribution in [2.75, 3.05) is 5.32 Å². The first-order valence-corrected chi connectivity index (χ1v) is 5.84. The summed E-state index contributed by atoms with van der Waals surface area (Å²) in [6.07, 6.45) is -0.736. The van der Waals surface area contributed by atoms with Crippen LogP contribution in [-0.4, -0.2) is 15.5 Å². The van der Waals surface area contributed by atoms with Crippen molar-refractivity contribution in [2.45, 2.75) is 12.7 Å². The molecule has 1 N–H and O–H groups in total. The number of amides is 1. The summed E-state index contributed by atoms with van der Waals surface area (Å²) < 4.78 is 38.5. The van der Waals surface area contributed by atoms with Gasteiger partial charge < -0.3 is 9.88 Å². The molecule has 0 aliphatic rings. The molecular weight excluding hydrogens is 287 g/mol. The van der Waals surface area contributed by atoms with Crippen LogP contribution >= 0.6 is 0 Å². The minimum Gasteiger partial charge on any atom is -0.323 e. The first kappa shape index (κ1) is 14.8. The number of pyridine rings is 2. The lowest BCUT2D eigenvalue weighted by atomic mass is 10.2. The predicted octanol–water partition coefficient (Wildman–Crippen LogP) is 1.90. The molecule has 1 amide bonds. The lowest BCUT2D eigenvalue weighted by Crippen LogP contribution is -2.31. The fraction of sp³-hybridized carbons (Fsp3) is 0.154. The normalized spacial score (nSPS) is 11.2. The van der Waals surface area contributed by atoms with Gasteiger partial charge in [-0.05, 0) is 24.3 Å². The highest BCUT2D eigenvalue weighted by molar-refractivity contribution is 5.90. The van der Waals surface area contributed by atoms with Gasteiger partial charge in [0.05, 0.1) is 11.9 Å². The fourth-order valence-corrected chi connectivity index (χ4v) is 1.67. The van der Waals surface area contributed by atoms with E-state index >= 15 is 0 Å². The SMILES string of the molecule is O=C(Cn1cccc(C(F)(F)F)c1=O)Nc1cccnc1. The van der Waals surface area contributed by atoms with Crippen molar-refractivity contribution >= 4 is 11.6 Å². The molecule has 0 atom stereocenters. The van der Waals surface area contributed by atoms with Crippen molar-refractivity contribution in [1.29, 1.82) is 0 Å². The number of hydrogen-bond donors (Lipinski definition) is 1. The zero-order valence-electron chi connectivity index (χ0n) is 10.6. The smallest absolute Gasteiger partial charge is 0.323 e. The molecule has 0 aliphatic heterocycles. The summed E-state index contributed by atoms with van der Waals surface area (Å²) in [6, 6.07) is 4.91. The molecule has 2 rings (SSSR count). The minimum absolute atomic E-state index is 0.391. The van der Waals surface area contributed by atoms with Gasteiger partial charge in [0.25, 0.3) is 5.56 Å². The van der Waals surface area contributed by atoms with Crippen LogP contribution in [0.1, 0.15) is 5.56 Å². The second kappa shape index (κ2) is 5.78. The Labute approximate surface area is 117 Å². The van der Waals surface area contributed by atoms with Crippen molar-refractivity contribution in [2.24, 2.45) is 0 Å². The molecule has 2 aromatic rings. The third-order valence-electron chi connectivity index (χ3n) is 2.58. The molecule has 0 unspecified atom stereocenters. The van der Waals surface area contributed by atoms with Crippen molar-refractivity contribution in [3.05, 3.63) is 58.8 Å². The summed E-state index contributed by atoms with van der Waals surface area (Å²) in [7, 11) is 0. The summed E-state index contributed by atoms with van der Waals surface area (Å²) in [5, 5.41) is 2.43. The Morgan fingerprint density at radius 2 is 2.05 bits per heavy atom. The van der Waals surface area contributed by atoms with Crippen LogP contribution in [-0.2, 0) is 17.5 Å².